The Morgan fingerprint density at radius 3 is 2.71 bits per heavy atom. The van der Waals surface area contributed by atoms with Crippen LogP contribution in [-0.2, 0) is 0 Å². The number of hydrogen-bond donors (Lipinski definition) is 2. The van der Waals surface area contributed by atoms with Crippen LogP contribution < -0.4 is 16.0 Å². The highest BCUT2D eigenvalue weighted by molar-refractivity contribution is 6.56. The van der Waals surface area contributed by atoms with E-state index in [4.69, 9.17) is 5.40 Å². The molecule has 0 bridgehead atoms. The molecule has 0 unspecified atom stereocenters. The first-order valence-electron chi connectivity index (χ1n) is 5.54. The van der Waals surface area contributed by atoms with E-state index in [2.05, 4.69) is 4.98 Å². The van der Waals surface area contributed by atoms with Crippen molar-refractivity contribution in [3.05, 3.63) is 52.7 Å². The lowest BCUT2D eigenvalue weighted by atomic mass is 10.1. The zero-order valence-corrected chi connectivity index (χ0v) is 10.6. The highest BCUT2D eigenvalue weighted by atomic mass is 28.2. The molecule has 0 saturated heterocycles. The molecule has 0 amide bonds. The molecule has 3 N–H and O–H groups in total. The molecule has 0 fully saturated rings. The second kappa shape index (κ2) is 3.83. The van der Waals surface area contributed by atoms with Gasteiger partial charge in [0.25, 0.3) is 0 Å². The molecule has 3 rings (SSSR count). The number of nitrogens with two attached hydrogens (primary N) is 1. The zero-order chi connectivity index (χ0) is 11.8. The van der Waals surface area contributed by atoms with E-state index in [9.17, 15) is 4.79 Å². The van der Waals surface area contributed by atoms with E-state index in [0.29, 0.717) is 0 Å². The number of rotatable bonds is 1. The molecule has 3 nitrogen and oxygen atoms in total. The Morgan fingerprint density at radius 2 is 1.88 bits per heavy atom. The van der Waals surface area contributed by atoms with Gasteiger partial charge in [-0.2, -0.15) is 0 Å². The highest BCUT2D eigenvalue weighted by Crippen LogP contribution is 2.18. The summed E-state index contributed by atoms with van der Waals surface area (Å²) in [6, 6.07) is 13.3. The Bertz CT molecular complexity index is 720. The van der Waals surface area contributed by atoms with Crippen LogP contribution in [0, 0.1) is 0 Å². The third-order valence-corrected chi connectivity index (χ3v) is 4.20. The minimum absolute atomic E-state index is 0.0532. The molecule has 1 aliphatic heterocycles. The standard InChI is InChI=1S/C13H12N2OSi/c14-17-13-8-4-1-2-5-9(8)15-10-6-3-7-11(16)12(10)13/h1-7,15H,14,17H2. The van der Waals surface area contributed by atoms with Crippen LogP contribution in [0.3, 0.4) is 0 Å². The smallest absolute Gasteiger partial charge is 0.187 e. The number of hydrogen-bond acceptors (Lipinski definition) is 2. The van der Waals surface area contributed by atoms with Crippen molar-refractivity contribution in [1.29, 1.82) is 0 Å². The largest absolute Gasteiger partial charge is 0.354 e. The number of nitrogens with one attached hydrogen (secondary N) is 1. The van der Waals surface area contributed by atoms with Gasteiger partial charge in [0.1, 0.15) is 9.68 Å². The first-order valence-corrected chi connectivity index (χ1v) is 7.06. The summed E-state index contributed by atoms with van der Waals surface area (Å²) in [6.45, 7) is 0. The minimum Gasteiger partial charge on any atom is -0.354 e. The van der Waals surface area contributed by atoms with Gasteiger partial charge in [-0.25, -0.2) is 0 Å². The maximum atomic E-state index is 11.9. The Labute approximate surface area is 101 Å². The molecule has 17 heavy (non-hydrogen) atoms. The SMILES string of the molecule is N[SiH2]c1c2c(=O)cccc-2[nH]c2ccccc12. The van der Waals surface area contributed by atoms with E-state index in [1.807, 2.05) is 30.3 Å². The number of benzene rings is 2. The summed E-state index contributed by atoms with van der Waals surface area (Å²) in [5.74, 6) is 0. The van der Waals surface area contributed by atoms with Crippen LogP contribution in [-0.4, -0.2) is 14.7 Å². The van der Waals surface area contributed by atoms with E-state index < -0.39 is 9.68 Å². The van der Waals surface area contributed by atoms with Crippen molar-refractivity contribution < 1.29 is 0 Å². The van der Waals surface area contributed by atoms with Crippen LogP contribution in [0.1, 0.15) is 0 Å². The van der Waals surface area contributed by atoms with Gasteiger partial charge in [0.05, 0.1) is 0 Å². The van der Waals surface area contributed by atoms with Gasteiger partial charge >= 0.3 is 0 Å². The van der Waals surface area contributed by atoms with Gasteiger partial charge in [0.15, 0.2) is 5.43 Å². The molecule has 1 aromatic rings. The van der Waals surface area contributed by atoms with E-state index in [-0.39, 0.29) is 5.43 Å². The number of aromatic amines is 1. The Kier molecular flexibility index (Phi) is 2.31. The van der Waals surface area contributed by atoms with Crippen LogP contribution in [0.15, 0.2) is 47.3 Å². The highest BCUT2D eigenvalue weighted by Gasteiger charge is 2.14. The van der Waals surface area contributed by atoms with Gasteiger partial charge in [0, 0.05) is 16.8 Å². The van der Waals surface area contributed by atoms with Gasteiger partial charge in [-0.3, -0.25) is 4.79 Å². The zero-order valence-electron chi connectivity index (χ0n) is 9.23. The average Bonchev–Trinajstić information content (AvgIpc) is 2.36. The van der Waals surface area contributed by atoms with Crippen LogP contribution in [0.25, 0.3) is 22.2 Å². The molecule has 4 heteroatoms. The van der Waals surface area contributed by atoms with E-state index >= 15 is 0 Å². The predicted molar refractivity (Wildman–Crippen MR) is 73.6 cm³/mol. The number of pyridine rings is 1. The molecule has 2 aliphatic rings. The van der Waals surface area contributed by atoms with E-state index in [0.717, 1.165) is 27.3 Å². The van der Waals surface area contributed by atoms with Crippen LogP contribution >= 0.6 is 0 Å². The lowest BCUT2D eigenvalue weighted by Crippen LogP contribution is -2.30. The first kappa shape index (κ1) is 10.3. The Balaban J connectivity index is 2.60. The molecule has 0 atom stereocenters. The van der Waals surface area contributed by atoms with Crippen molar-refractivity contribution in [1.82, 2.24) is 4.98 Å². The predicted octanol–water partition coefficient (Wildman–Crippen LogP) is 0.301. The molecule has 1 heterocycles. The second-order valence-corrected chi connectivity index (χ2v) is 5.15. The van der Waals surface area contributed by atoms with E-state index in [1.165, 1.54) is 0 Å². The maximum Gasteiger partial charge on any atom is 0.187 e. The number of aromatic nitrogens is 1. The molecule has 0 radical (unpaired) electrons. The third kappa shape index (κ3) is 1.50. The van der Waals surface area contributed by atoms with Gasteiger partial charge in [-0.15, -0.1) is 0 Å². The lowest BCUT2D eigenvalue weighted by Gasteiger charge is -2.13. The molecular formula is C13H12N2OSi. The molecule has 84 valence electrons. The molecule has 0 aromatic heterocycles. The quantitative estimate of drug-likeness (QED) is 0.475. The minimum atomic E-state index is -0.894. The molecular weight excluding hydrogens is 228 g/mol. The second-order valence-electron chi connectivity index (χ2n) is 4.03. The van der Waals surface area contributed by atoms with Crippen molar-refractivity contribution in [3.8, 4) is 11.3 Å². The van der Waals surface area contributed by atoms with Crippen molar-refractivity contribution in [3.63, 3.8) is 0 Å². The fraction of sp³-hybridized carbons (Fsp3) is 0. The van der Waals surface area contributed by atoms with Crippen LogP contribution in [0.5, 0.6) is 0 Å². The van der Waals surface area contributed by atoms with E-state index in [1.54, 1.807) is 12.1 Å². The summed E-state index contributed by atoms with van der Waals surface area (Å²) < 4.78 is 0. The third-order valence-electron chi connectivity index (χ3n) is 3.05. The number of H-pyrrole nitrogens is 1. The van der Waals surface area contributed by atoms with Gasteiger partial charge in [0.2, 0.25) is 0 Å². The first-order chi connectivity index (χ1) is 8.31. The summed E-state index contributed by atoms with van der Waals surface area (Å²) in [6.07, 6.45) is 0. The fourth-order valence-corrected chi connectivity index (χ4v) is 3.39. The fourth-order valence-electron chi connectivity index (χ4n) is 2.29. The van der Waals surface area contributed by atoms with Crippen LogP contribution in [0.4, 0.5) is 0 Å². The number of fused-ring (bicyclic) bond motifs is 2. The normalized spacial score (nSPS) is 11.8. The Morgan fingerprint density at radius 1 is 1.06 bits per heavy atom. The average molecular weight is 240 g/mol. The maximum absolute atomic E-state index is 11.9. The van der Waals surface area contributed by atoms with Crippen molar-refractivity contribution in [2.24, 2.45) is 5.40 Å². The molecule has 0 saturated carbocycles. The van der Waals surface area contributed by atoms with Gasteiger partial charge in [-0.1, -0.05) is 24.3 Å². The lowest BCUT2D eigenvalue weighted by molar-refractivity contribution is 1.38. The van der Waals surface area contributed by atoms with Crippen molar-refractivity contribution in [2.75, 3.05) is 0 Å². The summed E-state index contributed by atoms with van der Waals surface area (Å²) in [4.78, 5) is 15.2. The van der Waals surface area contributed by atoms with Crippen molar-refractivity contribution in [2.45, 2.75) is 0 Å². The Hall–Kier alpha value is -1.91. The molecule has 0 spiro atoms. The van der Waals surface area contributed by atoms with Gasteiger partial charge in [-0.05, 0) is 28.8 Å². The monoisotopic (exact) mass is 240 g/mol. The number of para-hydroxylation sites is 1. The summed E-state index contributed by atoms with van der Waals surface area (Å²) in [5, 5.41) is 8.07. The molecule has 1 aliphatic carbocycles. The molecule has 1 aromatic carbocycles. The summed E-state index contributed by atoms with van der Waals surface area (Å²) in [5.41, 5.74) is 2.74. The van der Waals surface area contributed by atoms with Gasteiger partial charge < -0.3 is 10.4 Å². The van der Waals surface area contributed by atoms with Crippen LogP contribution in [0.2, 0.25) is 0 Å². The summed E-state index contributed by atoms with van der Waals surface area (Å²) in [7, 11) is -0.894. The van der Waals surface area contributed by atoms with Crippen molar-refractivity contribution >= 4 is 25.8 Å². The summed E-state index contributed by atoms with van der Waals surface area (Å²) >= 11 is 0. The topological polar surface area (TPSA) is 58.9 Å².